The molecule has 0 radical (unpaired) electrons. The number of halogens is 1. The van der Waals surface area contributed by atoms with Crippen LogP contribution in [-0.2, 0) is 0 Å². The highest BCUT2D eigenvalue weighted by Crippen LogP contribution is 2.34. The Morgan fingerprint density at radius 2 is 2.08 bits per heavy atom. The number of aromatic hydroxyl groups is 1. The molecule has 0 fully saturated rings. The summed E-state index contributed by atoms with van der Waals surface area (Å²) in [5.41, 5.74) is 6.16. The fourth-order valence-electron chi connectivity index (χ4n) is 2.04. The second-order valence-electron chi connectivity index (χ2n) is 4.66. The van der Waals surface area contributed by atoms with E-state index in [-0.39, 0.29) is 23.1 Å². The Bertz CT molecular complexity index is 992. The Morgan fingerprint density at radius 3 is 2.83 bits per heavy atom. The van der Waals surface area contributed by atoms with Gasteiger partial charge in [-0.2, -0.15) is 0 Å². The van der Waals surface area contributed by atoms with Gasteiger partial charge in [0.25, 0.3) is 5.69 Å². The highest BCUT2D eigenvalue weighted by atomic mass is 79.9. The highest BCUT2D eigenvalue weighted by Gasteiger charge is 2.15. The highest BCUT2D eigenvalue weighted by molar-refractivity contribution is 9.10. The number of anilines is 1. The van der Waals surface area contributed by atoms with Crippen LogP contribution in [0.15, 0.2) is 51.2 Å². The fourth-order valence-corrected chi connectivity index (χ4v) is 2.42. The topological polar surface area (TPSA) is 140 Å². The van der Waals surface area contributed by atoms with Crippen LogP contribution in [0.25, 0.3) is 10.9 Å². The van der Waals surface area contributed by atoms with Crippen LogP contribution in [0, 0.1) is 10.1 Å². The number of fused-ring (bicyclic) bond motifs is 1. The molecule has 0 aliphatic carbocycles. The van der Waals surface area contributed by atoms with Crippen LogP contribution >= 0.6 is 15.9 Å². The maximum Gasteiger partial charge on any atom is 0.278 e. The molecular weight excluding hydrogens is 380 g/mol. The number of rotatable bonds is 3. The van der Waals surface area contributed by atoms with Gasteiger partial charge in [-0.25, -0.2) is 4.98 Å². The van der Waals surface area contributed by atoms with Crippen LogP contribution in [0.4, 0.5) is 23.0 Å². The van der Waals surface area contributed by atoms with E-state index in [1.54, 1.807) is 12.1 Å². The quantitative estimate of drug-likeness (QED) is 0.394. The molecule has 3 N–H and O–H groups in total. The van der Waals surface area contributed by atoms with Gasteiger partial charge in [-0.1, -0.05) is 0 Å². The van der Waals surface area contributed by atoms with Gasteiger partial charge in [0, 0.05) is 18.3 Å². The predicted octanol–water partition coefficient (Wildman–Crippen LogP) is 4.00. The lowest BCUT2D eigenvalue weighted by Crippen LogP contribution is -1.91. The van der Waals surface area contributed by atoms with Crippen LogP contribution in [0.2, 0.25) is 0 Å². The number of nitrogen functional groups attached to an aromatic ring is 1. The van der Waals surface area contributed by atoms with Gasteiger partial charge in [-0.3, -0.25) is 15.1 Å². The summed E-state index contributed by atoms with van der Waals surface area (Å²) in [4.78, 5) is 18.6. The third kappa shape index (κ3) is 2.86. The molecule has 0 spiro atoms. The molecule has 1 aromatic carbocycles. The van der Waals surface area contributed by atoms with Crippen LogP contribution in [0.1, 0.15) is 0 Å². The number of azo groups is 1. The second kappa shape index (κ2) is 6.16. The average molecular weight is 389 g/mol. The molecule has 0 aliphatic rings. The lowest BCUT2D eigenvalue weighted by Gasteiger charge is -2.03. The molecular formula is C14H9BrN6O3. The Hall–Kier alpha value is -3.14. The summed E-state index contributed by atoms with van der Waals surface area (Å²) in [5, 5.41) is 28.9. The van der Waals surface area contributed by atoms with E-state index in [0.29, 0.717) is 21.1 Å². The minimum Gasteiger partial charge on any atom is -0.504 e. The van der Waals surface area contributed by atoms with Crippen molar-refractivity contribution in [3.63, 3.8) is 0 Å². The smallest absolute Gasteiger partial charge is 0.278 e. The van der Waals surface area contributed by atoms with Crippen molar-refractivity contribution in [1.82, 2.24) is 9.97 Å². The molecule has 0 saturated heterocycles. The van der Waals surface area contributed by atoms with Gasteiger partial charge < -0.3 is 10.8 Å². The molecule has 0 aliphatic heterocycles. The summed E-state index contributed by atoms with van der Waals surface area (Å²) in [6.07, 6.45) is 1.51. The van der Waals surface area contributed by atoms with Gasteiger partial charge in [0.05, 0.1) is 14.8 Å². The van der Waals surface area contributed by atoms with Crippen LogP contribution in [0.3, 0.4) is 0 Å². The summed E-state index contributed by atoms with van der Waals surface area (Å²) in [6.45, 7) is 0. The molecule has 0 saturated carbocycles. The standard InChI is InChI=1S/C14H9BrN6O3/c15-8-6-11(22)13(16)18-14(8)20-19-9-3-4-10(21(23)24)7-2-1-5-17-12(7)9/h1-6,22H,(H2,16,18). The zero-order valence-electron chi connectivity index (χ0n) is 11.9. The predicted molar refractivity (Wildman–Crippen MR) is 90.6 cm³/mol. The number of non-ortho nitro benzene ring substituents is 1. The van der Waals surface area contributed by atoms with Gasteiger partial charge in [0.15, 0.2) is 17.4 Å². The Kier molecular flexibility index (Phi) is 4.04. The first kappa shape index (κ1) is 15.7. The molecule has 0 bridgehead atoms. The second-order valence-corrected chi connectivity index (χ2v) is 5.51. The Balaban J connectivity index is 2.10. The van der Waals surface area contributed by atoms with E-state index in [1.165, 1.54) is 24.4 Å². The molecule has 2 aromatic heterocycles. The zero-order chi connectivity index (χ0) is 17.3. The molecule has 3 rings (SSSR count). The number of hydrogen-bond donors (Lipinski definition) is 2. The molecule has 9 nitrogen and oxygen atoms in total. The first-order valence-corrected chi connectivity index (χ1v) is 7.35. The number of nitro groups is 1. The van der Waals surface area contributed by atoms with E-state index in [0.717, 1.165) is 0 Å². The molecule has 24 heavy (non-hydrogen) atoms. The minimum atomic E-state index is -0.482. The first-order chi connectivity index (χ1) is 11.5. The lowest BCUT2D eigenvalue weighted by atomic mass is 10.1. The minimum absolute atomic E-state index is 0.0646. The van der Waals surface area contributed by atoms with E-state index in [4.69, 9.17) is 5.73 Å². The Labute approximate surface area is 143 Å². The van der Waals surface area contributed by atoms with Crippen molar-refractivity contribution < 1.29 is 10.0 Å². The molecule has 10 heteroatoms. The van der Waals surface area contributed by atoms with Crippen molar-refractivity contribution in [3.8, 4) is 5.75 Å². The number of hydrogen-bond acceptors (Lipinski definition) is 8. The molecule has 0 atom stereocenters. The average Bonchev–Trinajstić information content (AvgIpc) is 2.56. The molecule has 0 amide bonds. The monoisotopic (exact) mass is 388 g/mol. The lowest BCUT2D eigenvalue weighted by molar-refractivity contribution is -0.383. The summed E-state index contributed by atoms with van der Waals surface area (Å²) < 4.78 is 0.400. The van der Waals surface area contributed by atoms with E-state index in [1.807, 2.05) is 0 Å². The fraction of sp³-hybridized carbons (Fsp3) is 0. The van der Waals surface area contributed by atoms with E-state index >= 15 is 0 Å². The van der Waals surface area contributed by atoms with Gasteiger partial charge in [0.1, 0.15) is 11.2 Å². The molecule has 3 aromatic rings. The van der Waals surface area contributed by atoms with Crippen LogP contribution in [-0.4, -0.2) is 20.0 Å². The number of aromatic nitrogens is 2. The SMILES string of the molecule is Nc1nc(N=Nc2ccc([N+](=O)[O-])c3cccnc23)c(Br)cc1O. The van der Waals surface area contributed by atoms with E-state index < -0.39 is 4.92 Å². The van der Waals surface area contributed by atoms with Crippen molar-refractivity contribution >= 4 is 49.8 Å². The van der Waals surface area contributed by atoms with Crippen LogP contribution < -0.4 is 5.73 Å². The molecule has 120 valence electrons. The maximum absolute atomic E-state index is 11.1. The van der Waals surface area contributed by atoms with Gasteiger partial charge in [-0.15, -0.1) is 10.2 Å². The van der Waals surface area contributed by atoms with Crippen molar-refractivity contribution in [3.05, 3.63) is 51.1 Å². The van der Waals surface area contributed by atoms with Crippen molar-refractivity contribution in [2.24, 2.45) is 10.2 Å². The Morgan fingerprint density at radius 1 is 1.29 bits per heavy atom. The van der Waals surface area contributed by atoms with Crippen molar-refractivity contribution in [2.75, 3.05) is 5.73 Å². The number of benzene rings is 1. The van der Waals surface area contributed by atoms with E-state index in [2.05, 4.69) is 36.1 Å². The normalized spacial score (nSPS) is 11.2. The zero-order valence-corrected chi connectivity index (χ0v) is 13.5. The first-order valence-electron chi connectivity index (χ1n) is 6.56. The van der Waals surface area contributed by atoms with Gasteiger partial charge in [0.2, 0.25) is 0 Å². The van der Waals surface area contributed by atoms with Gasteiger partial charge in [-0.05, 0) is 34.1 Å². The number of pyridine rings is 2. The number of nitrogens with zero attached hydrogens (tertiary/aromatic N) is 5. The van der Waals surface area contributed by atoms with E-state index in [9.17, 15) is 15.2 Å². The third-order valence-electron chi connectivity index (χ3n) is 3.14. The third-order valence-corrected chi connectivity index (χ3v) is 3.72. The van der Waals surface area contributed by atoms with Crippen LogP contribution in [0.5, 0.6) is 5.75 Å². The van der Waals surface area contributed by atoms with Crippen molar-refractivity contribution in [2.45, 2.75) is 0 Å². The summed E-state index contributed by atoms with van der Waals surface area (Å²) in [6, 6.07) is 7.34. The number of nitro benzene ring substituents is 1. The molecule has 0 unspecified atom stereocenters. The number of nitrogens with two attached hydrogens (primary N) is 1. The van der Waals surface area contributed by atoms with Gasteiger partial charge >= 0.3 is 0 Å². The molecule has 2 heterocycles. The summed E-state index contributed by atoms with van der Waals surface area (Å²) >= 11 is 3.20. The van der Waals surface area contributed by atoms with Crippen molar-refractivity contribution in [1.29, 1.82) is 0 Å². The summed E-state index contributed by atoms with van der Waals surface area (Å²) in [7, 11) is 0. The maximum atomic E-state index is 11.1. The largest absolute Gasteiger partial charge is 0.504 e. The summed E-state index contributed by atoms with van der Waals surface area (Å²) in [5.74, 6) is -0.102.